The van der Waals surface area contributed by atoms with Crippen molar-refractivity contribution in [3.63, 3.8) is 0 Å². The number of nitrogens with zero attached hydrogens (tertiary/aromatic N) is 6. The van der Waals surface area contributed by atoms with Gasteiger partial charge in [-0.3, -0.25) is 9.89 Å². The molecule has 4 aromatic rings. The molecule has 162 valence electrons. The van der Waals surface area contributed by atoms with Gasteiger partial charge in [0.2, 0.25) is 5.95 Å². The zero-order chi connectivity index (χ0) is 23.0. The van der Waals surface area contributed by atoms with E-state index in [0.717, 1.165) is 10.6 Å². The minimum atomic E-state index is -3.06. The number of hydrogen-bond donors (Lipinski definition) is 3. The minimum absolute atomic E-state index is 0.0693. The Morgan fingerprint density at radius 1 is 1.25 bits per heavy atom. The van der Waals surface area contributed by atoms with Gasteiger partial charge in [-0.15, -0.1) is 0 Å². The summed E-state index contributed by atoms with van der Waals surface area (Å²) in [6.45, 7) is 1.55. The lowest BCUT2D eigenvalue weighted by molar-refractivity contribution is 0.146. The molecule has 4 N–H and O–H groups in total. The molecule has 0 aliphatic heterocycles. The lowest BCUT2D eigenvalue weighted by Crippen LogP contribution is -2.28. The summed E-state index contributed by atoms with van der Waals surface area (Å²) in [5.74, 6) is -1.28. The van der Waals surface area contributed by atoms with Gasteiger partial charge in [0.25, 0.3) is 12.0 Å². The van der Waals surface area contributed by atoms with E-state index in [1.807, 2.05) is 0 Å². The van der Waals surface area contributed by atoms with Crippen molar-refractivity contribution >= 4 is 22.7 Å². The van der Waals surface area contributed by atoms with E-state index in [4.69, 9.17) is 5.73 Å². The number of aromatic nitrogens is 6. The minimum Gasteiger partial charge on any atom is -0.368 e. The largest absolute Gasteiger partial charge is 0.368 e. The summed E-state index contributed by atoms with van der Waals surface area (Å²) in [6, 6.07) is 6.24. The molecule has 0 saturated heterocycles. The molecule has 0 aliphatic carbocycles. The third-order valence-corrected chi connectivity index (χ3v) is 4.60. The van der Waals surface area contributed by atoms with Crippen molar-refractivity contribution in [2.75, 3.05) is 11.1 Å². The number of nitrogen functional groups attached to an aromatic ring is 1. The summed E-state index contributed by atoms with van der Waals surface area (Å²) in [5.41, 5.74) is 3.56. The second kappa shape index (κ2) is 7.99. The first-order valence-corrected chi connectivity index (χ1v) is 9.15. The Hall–Kier alpha value is -4.47. The molecule has 13 heteroatoms. The topological polar surface area (TPSA) is 151 Å². The van der Waals surface area contributed by atoms with Crippen LogP contribution in [0.25, 0.3) is 16.7 Å². The number of benzene rings is 1. The molecule has 3 aromatic heterocycles. The second-order valence-electron chi connectivity index (χ2n) is 6.65. The van der Waals surface area contributed by atoms with E-state index in [2.05, 4.69) is 30.5 Å². The number of fused-ring (bicyclic) bond motifs is 1. The predicted octanol–water partition coefficient (Wildman–Crippen LogP) is 2.60. The normalized spacial score (nSPS) is 12.1. The van der Waals surface area contributed by atoms with E-state index in [-0.39, 0.29) is 28.4 Å². The number of anilines is 2. The third kappa shape index (κ3) is 3.47. The molecular formula is C19H14F3N9O. The first kappa shape index (κ1) is 20.8. The number of aromatic amines is 1. The molecular weight excluding hydrogens is 427 g/mol. The number of nitrogens with one attached hydrogen (secondary N) is 2. The van der Waals surface area contributed by atoms with Gasteiger partial charge >= 0.3 is 0 Å². The number of nitrogens with two attached hydrogens (primary N) is 1. The van der Waals surface area contributed by atoms with Crippen molar-refractivity contribution in [1.29, 1.82) is 5.26 Å². The second-order valence-corrected chi connectivity index (χ2v) is 6.65. The van der Waals surface area contributed by atoms with Crippen LogP contribution in [0.1, 0.15) is 36.5 Å². The van der Waals surface area contributed by atoms with Crippen LogP contribution in [0.3, 0.4) is 0 Å². The van der Waals surface area contributed by atoms with Crippen molar-refractivity contribution < 1.29 is 13.2 Å². The van der Waals surface area contributed by atoms with Crippen LogP contribution >= 0.6 is 0 Å². The molecule has 1 aromatic carbocycles. The first-order valence-electron chi connectivity index (χ1n) is 9.15. The Labute approximate surface area is 177 Å². The van der Waals surface area contributed by atoms with Crippen LogP contribution in [0.4, 0.5) is 24.9 Å². The zero-order valence-corrected chi connectivity index (χ0v) is 16.3. The average molecular weight is 441 g/mol. The molecule has 0 radical (unpaired) electrons. The van der Waals surface area contributed by atoms with Gasteiger partial charge < -0.3 is 11.1 Å². The van der Waals surface area contributed by atoms with Crippen LogP contribution in [0.15, 0.2) is 35.3 Å². The quantitative estimate of drug-likeness (QED) is 0.427. The van der Waals surface area contributed by atoms with Gasteiger partial charge in [-0.25, -0.2) is 27.7 Å². The average Bonchev–Trinajstić information content (AvgIpc) is 3.27. The zero-order valence-electron chi connectivity index (χ0n) is 16.3. The van der Waals surface area contributed by atoms with Gasteiger partial charge in [-0.05, 0) is 19.1 Å². The molecule has 0 saturated carbocycles. The van der Waals surface area contributed by atoms with Crippen LogP contribution in [0.2, 0.25) is 0 Å². The van der Waals surface area contributed by atoms with Crippen LogP contribution < -0.4 is 16.6 Å². The Morgan fingerprint density at radius 3 is 2.69 bits per heavy atom. The number of alkyl halides is 2. The number of hydrogen-bond acceptors (Lipinski definition) is 8. The van der Waals surface area contributed by atoms with E-state index >= 15 is 0 Å². The molecule has 0 spiro atoms. The predicted molar refractivity (Wildman–Crippen MR) is 108 cm³/mol. The van der Waals surface area contributed by atoms with Crippen LogP contribution in [0, 0.1) is 17.1 Å². The van der Waals surface area contributed by atoms with Gasteiger partial charge in [0.05, 0.1) is 11.6 Å². The number of H-pyrrole nitrogens is 1. The fourth-order valence-corrected chi connectivity index (χ4v) is 3.23. The van der Waals surface area contributed by atoms with Crippen molar-refractivity contribution in [3.8, 4) is 11.9 Å². The maximum Gasteiger partial charge on any atom is 0.281 e. The number of nitriles is 1. The molecule has 0 aliphatic rings. The van der Waals surface area contributed by atoms with Crippen LogP contribution in [-0.2, 0) is 0 Å². The molecule has 0 amide bonds. The molecule has 10 nitrogen and oxygen atoms in total. The maximum absolute atomic E-state index is 14.4. The van der Waals surface area contributed by atoms with Crippen molar-refractivity contribution in [2.45, 2.75) is 19.4 Å². The molecule has 4 rings (SSSR count). The smallest absolute Gasteiger partial charge is 0.281 e. The summed E-state index contributed by atoms with van der Waals surface area (Å²) >= 11 is 0. The van der Waals surface area contributed by atoms with E-state index in [1.54, 1.807) is 13.0 Å². The van der Waals surface area contributed by atoms with Crippen molar-refractivity contribution in [2.24, 2.45) is 0 Å². The van der Waals surface area contributed by atoms with E-state index < -0.39 is 41.0 Å². The van der Waals surface area contributed by atoms with Gasteiger partial charge in [-0.1, -0.05) is 6.07 Å². The first-order chi connectivity index (χ1) is 15.3. The highest BCUT2D eigenvalue weighted by molar-refractivity contribution is 5.78. The highest BCUT2D eigenvalue weighted by Gasteiger charge is 2.25. The van der Waals surface area contributed by atoms with Gasteiger partial charge in [0, 0.05) is 12.3 Å². The van der Waals surface area contributed by atoms with Crippen molar-refractivity contribution in [1.82, 2.24) is 29.7 Å². The lowest BCUT2D eigenvalue weighted by atomic mass is 10.2. The maximum atomic E-state index is 14.4. The summed E-state index contributed by atoms with van der Waals surface area (Å²) in [7, 11) is 0. The van der Waals surface area contributed by atoms with Gasteiger partial charge in [-0.2, -0.15) is 15.3 Å². The molecule has 1 unspecified atom stereocenters. The number of rotatable bonds is 5. The van der Waals surface area contributed by atoms with E-state index in [1.165, 1.54) is 24.4 Å². The molecule has 0 bridgehead atoms. The number of halogens is 3. The Bertz CT molecular complexity index is 1410. The molecule has 1 atom stereocenters. The Morgan fingerprint density at radius 2 is 2.03 bits per heavy atom. The van der Waals surface area contributed by atoms with E-state index in [0.29, 0.717) is 0 Å². The van der Waals surface area contributed by atoms with Gasteiger partial charge in [0.15, 0.2) is 11.6 Å². The van der Waals surface area contributed by atoms with Gasteiger partial charge in [0.1, 0.15) is 34.4 Å². The summed E-state index contributed by atoms with van der Waals surface area (Å²) in [5, 5.41) is 18.4. The SMILES string of the molecule is CC(Nc1nc(N)nc(C(F)F)c1C#N)c1nc2cccc(F)c2c(=O)n1-c1cc[nH]n1. The molecule has 32 heavy (non-hydrogen) atoms. The standard InChI is InChI=1S/C19H14F3N9O/c1-8(26-16-9(7-23)14(15(21)22)28-19(24)29-16)17-27-11-4-2-3-10(20)13(11)18(32)31(17)12-5-6-25-30-12/h2-6,8,15H,1H3,(H,25,30)(H3,24,26,28,29). The van der Waals surface area contributed by atoms with Crippen molar-refractivity contribution in [3.05, 3.63) is 63.7 Å². The molecule has 3 heterocycles. The highest BCUT2D eigenvalue weighted by atomic mass is 19.3. The van der Waals surface area contributed by atoms with Crippen LogP contribution in [-0.4, -0.2) is 29.7 Å². The highest BCUT2D eigenvalue weighted by Crippen LogP contribution is 2.28. The summed E-state index contributed by atoms with van der Waals surface area (Å²) in [6.07, 6.45) is -1.60. The Kier molecular flexibility index (Phi) is 5.19. The summed E-state index contributed by atoms with van der Waals surface area (Å²) in [4.78, 5) is 24.8. The third-order valence-electron chi connectivity index (χ3n) is 4.60. The summed E-state index contributed by atoms with van der Waals surface area (Å²) < 4.78 is 42.1. The lowest BCUT2D eigenvalue weighted by Gasteiger charge is -2.20. The fourth-order valence-electron chi connectivity index (χ4n) is 3.23. The molecule has 0 fully saturated rings. The van der Waals surface area contributed by atoms with Crippen LogP contribution in [0.5, 0.6) is 0 Å². The monoisotopic (exact) mass is 441 g/mol. The van der Waals surface area contributed by atoms with E-state index in [9.17, 15) is 23.2 Å². The Balaban J connectivity index is 1.91. The fraction of sp³-hybridized carbons (Fsp3) is 0.158.